The fraction of sp³-hybridized carbons (Fsp3) is 0.562. The summed E-state index contributed by atoms with van der Waals surface area (Å²) in [5.74, 6) is 0.633. The maximum atomic E-state index is 12.0. The lowest BCUT2D eigenvalue weighted by Crippen LogP contribution is -2.43. The second-order valence-electron chi connectivity index (χ2n) is 5.70. The number of hydrogen-bond donors (Lipinski definition) is 1. The summed E-state index contributed by atoms with van der Waals surface area (Å²) in [5, 5.41) is 0. The number of carbonyl (C=O) groups excluding carboxylic acids is 1. The monoisotopic (exact) mass is 294 g/mol. The summed E-state index contributed by atoms with van der Waals surface area (Å²) >= 11 is 0. The van der Waals surface area contributed by atoms with Gasteiger partial charge in [0.2, 0.25) is 5.91 Å². The normalized spacial score (nSPS) is 24.9. The summed E-state index contributed by atoms with van der Waals surface area (Å²) in [6.07, 6.45) is 5.88. The number of nitrogens with two attached hydrogens (primary N) is 1. The lowest BCUT2D eigenvalue weighted by atomic mass is 9.78. The van der Waals surface area contributed by atoms with E-state index in [0.717, 1.165) is 19.4 Å². The average molecular weight is 295 g/mol. The van der Waals surface area contributed by atoms with Crippen molar-refractivity contribution in [3.8, 4) is 0 Å². The molecular formula is C16H23ClN2O. The minimum atomic E-state index is 0. The molecule has 1 amide bonds. The first kappa shape index (κ1) is 15.3. The Balaban J connectivity index is 0.00000147. The molecule has 1 saturated heterocycles. The number of fused-ring (bicyclic) bond motifs is 1. The van der Waals surface area contributed by atoms with Crippen molar-refractivity contribution in [1.82, 2.24) is 4.90 Å². The summed E-state index contributed by atoms with van der Waals surface area (Å²) < 4.78 is 0. The van der Waals surface area contributed by atoms with Crippen LogP contribution in [0.3, 0.4) is 0 Å². The summed E-state index contributed by atoms with van der Waals surface area (Å²) in [6.45, 7) is 1.03. The molecule has 1 aliphatic carbocycles. The number of halogens is 1. The third-order valence-corrected chi connectivity index (χ3v) is 4.67. The molecule has 1 aromatic carbocycles. The highest BCUT2D eigenvalue weighted by Crippen LogP contribution is 2.39. The largest absolute Gasteiger partial charge is 0.338 e. The second-order valence-corrected chi connectivity index (χ2v) is 5.70. The zero-order valence-electron chi connectivity index (χ0n) is 11.8. The van der Waals surface area contributed by atoms with E-state index >= 15 is 0 Å². The molecule has 3 nitrogen and oxygen atoms in total. The van der Waals surface area contributed by atoms with Crippen LogP contribution < -0.4 is 5.73 Å². The van der Waals surface area contributed by atoms with E-state index in [2.05, 4.69) is 24.3 Å². The van der Waals surface area contributed by atoms with E-state index in [1.807, 2.05) is 4.90 Å². The van der Waals surface area contributed by atoms with Crippen LogP contribution >= 0.6 is 12.4 Å². The molecule has 4 heteroatoms. The van der Waals surface area contributed by atoms with Crippen LogP contribution in [0.2, 0.25) is 0 Å². The summed E-state index contributed by atoms with van der Waals surface area (Å²) in [4.78, 5) is 14.0. The Morgan fingerprint density at radius 1 is 1.25 bits per heavy atom. The van der Waals surface area contributed by atoms with Crippen molar-refractivity contribution in [2.24, 2.45) is 5.73 Å². The van der Waals surface area contributed by atoms with E-state index in [1.165, 1.54) is 30.4 Å². The van der Waals surface area contributed by atoms with Crippen LogP contribution in [0.5, 0.6) is 0 Å². The first-order valence-electron chi connectivity index (χ1n) is 7.38. The summed E-state index contributed by atoms with van der Waals surface area (Å²) in [5.41, 5.74) is 8.49. The lowest BCUT2D eigenvalue weighted by Gasteiger charge is -2.35. The second kappa shape index (κ2) is 6.59. The van der Waals surface area contributed by atoms with Crippen LogP contribution in [-0.4, -0.2) is 29.9 Å². The number of nitrogens with zero attached hydrogens (tertiary/aromatic N) is 1. The fourth-order valence-corrected chi connectivity index (χ4v) is 3.83. The van der Waals surface area contributed by atoms with Gasteiger partial charge in [-0.1, -0.05) is 24.3 Å². The number of carbonyl (C=O) groups is 1. The third kappa shape index (κ3) is 2.70. The van der Waals surface area contributed by atoms with Gasteiger partial charge in [0.25, 0.3) is 0 Å². The SMILES string of the molecule is Cl.NCC(=O)N1CCCC1C1CCCc2ccccc21. The van der Waals surface area contributed by atoms with Crippen LogP contribution in [0.1, 0.15) is 42.7 Å². The Bertz CT molecular complexity index is 477. The van der Waals surface area contributed by atoms with E-state index in [0.29, 0.717) is 12.0 Å². The Morgan fingerprint density at radius 2 is 2.05 bits per heavy atom. The quantitative estimate of drug-likeness (QED) is 0.911. The minimum Gasteiger partial charge on any atom is -0.338 e. The smallest absolute Gasteiger partial charge is 0.236 e. The number of aryl methyl sites for hydroxylation is 1. The molecule has 2 atom stereocenters. The molecule has 0 aromatic heterocycles. The Kier molecular flexibility index (Phi) is 5.06. The van der Waals surface area contributed by atoms with Crippen LogP contribution in [0, 0.1) is 0 Å². The van der Waals surface area contributed by atoms with Crippen LogP contribution in [-0.2, 0) is 11.2 Å². The molecular weight excluding hydrogens is 272 g/mol. The molecule has 2 N–H and O–H groups in total. The molecule has 2 aliphatic rings. The molecule has 1 aliphatic heterocycles. The van der Waals surface area contributed by atoms with Crippen molar-refractivity contribution in [3.63, 3.8) is 0 Å². The zero-order valence-corrected chi connectivity index (χ0v) is 12.6. The van der Waals surface area contributed by atoms with Gasteiger partial charge in [0.15, 0.2) is 0 Å². The van der Waals surface area contributed by atoms with E-state index in [1.54, 1.807) is 0 Å². The summed E-state index contributed by atoms with van der Waals surface area (Å²) in [6, 6.07) is 9.12. The van der Waals surface area contributed by atoms with Crippen molar-refractivity contribution >= 4 is 18.3 Å². The van der Waals surface area contributed by atoms with Gasteiger partial charge in [0.05, 0.1) is 6.54 Å². The van der Waals surface area contributed by atoms with Crippen LogP contribution in [0.4, 0.5) is 0 Å². The highest BCUT2D eigenvalue weighted by atomic mass is 35.5. The minimum absolute atomic E-state index is 0. The zero-order chi connectivity index (χ0) is 13.2. The van der Waals surface area contributed by atoms with Gasteiger partial charge in [-0.3, -0.25) is 4.79 Å². The van der Waals surface area contributed by atoms with Gasteiger partial charge in [-0.2, -0.15) is 0 Å². The van der Waals surface area contributed by atoms with Gasteiger partial charge >= 0.3 is 0 Å². The van der Waals surface area contributed by atoms with Crippen molar-refractivity contribution in [1.29, 1.82) is 0 Å². The standard InChI is InChI=1S/C16H22N2O.ClH/c17-11-16(19)18-10-4-9-15(18)14-8-3-6-12-5-1-2-7-13(12)14;/h1-2,5,7,14-15H,3-4,6,8-11,17H2;1H. The number of hydrogen-bond acceptors (Lipinski definition) is 2. The molecule has 0 radical (unpaired) electrons. The average Bonchev–Trinajstić information content (AvgIpc) is 2.95. The number of likely N-dealkylation sites (tertiary alicyclic amines) is 1. The fourth-order valence-electron chi connectivity index (χ4n) is 3.83. The molecule has 1 aromatic rings. The van der Waals surface area contributed by atoms with Crippen molar-refractivity contribution in [3.05, 3.63) is 35.4 Å². The molecule has 1 heterocycles. The number of amides is 1. The van der Waals surface area contributed by atoms with E-state index < -0.39 is 0 Å². The van der Waals surface area contributed by atoms with Gasteiger partial charge in [-0.05, 0) is 43.2 Å². The molecule has 3 rings (SSSR count). The molecule has 0 spiro atoms. The van der Waals surface area contributed by atoms with Crippen LogP contribution in [0.25, 0.3) is 0 Å². The first-order valence-corrected chi connectivity index (χ1v) is 7.38. The van der Waals surface area contributed by atoms with Gasteiger partial charge < -0.3 is 10.6 Å². The number of benzene rings is 1. The van der Waals surface area contributed by atoms with Gasteiger partial charge in [-0.25, -0.2) is 0 Å². The maximum Gasteiger partial charge on any atom is 0.236 e. The van der Waals surface area contributed by atoms with Gasteiger partial charge in [0, 0.05) is 18.5 Å². The molecule has 110 valence electrons. The van der Waals surface area contributed by atoms with E-state index in [9.17, 15) is 4.79 Å². The Morgan fingerprint density at radius 3 is 2.85 bits per heavy atom. The van der Waals surface area contributed by atoms with E-state index in [-0.39, 0.29) is 24.9 Å². The van der Waals surface area contributed by atoms with Gasteiger partial charge in [0.1, 0.15) is 0 Å². The van der Waals surface area contributed by atoms with Crippen molar-refractivity contribution in [2.75, 3.05) is 13.1 Å². The topological polar surface area (TPSA) is 46.3 Å². The van der Waals surface area contributed by atoms with Crippen molar-refractivity contribution in [2.45, 2.75) is 44.1 Å². The molecule has 0 bridgehead atoms. The van der Waals surface area contributed by atoms with Gasteiger partial charge in [-0.15, -0.1) is 12.4 Å². The third-order valence-electron chi connectivity index (χ3n) is 4.67. The predicted molar refractivity (Wildman–Crippen MR) is 83.2 cm³/mol. The molecule has 1 fully saturated rings. The van der Waals surface area contributed by atoms with Crippen molar-refractivity contribution < 1.29 is 4.79 Å². The Hall–Kier alpha value is -1.06. The van der Waals surface area contributed by atoms with E-state index in [4.69, 9.17) is 5.73 Å². The lowest BCUT2D eigenvalue weighted by molar-refractivity contribution is -0.130. The molecule has 0 saturated carbocycles. The highest BCUT2D eigenvalue weighted by Gasteiger charge is 2.36. The van der Waals surface area contributed by atoms with Crippen LogP contribution in [0.15, 0.2) is 24.3 Å². The highest BCUT2D eigenvalue weighted by molar-refractivity contribution is 5.85. The Labute approximate surface area is 126 Å². The molecule has 2 unspecified atom stereocenters. The molecule has 20 heavy (non-hydrogen) atoms. The maximum absolute atomic E-state index is 12.0. The predicted octanol–water partition coefficient (Wildman–Crippen LogP) is 2.48. The summed E-state index contributed by atoms with van der Waals surface area (Å²) in [7, 11) is 0. The number of rotatable bonds is 2. The first-order chi connectivity index (χ1) is 9.31.